The summed E-state index contributed by atoms with van der Waals surface area (Å²) in [5.74, 6) is 1.84. The molecule has 5 heteroatoms. The summed E-state index contributed by atoms with van der Waals surface area (Å²) in [6, 6.07) is 10.5. The number of anilines is 3. The summed E-state index contributed by atoms with van der Waals surface area (Å²) in [5, 5.41) is 3.36. The van der Waals surface area contributed by atoms with Crippen LogP contribution in [0.4, 0.5) is 17.3 Å². The lowest BCUT2D eigenvalue weighted by atomic mass is 10.1. The maximum absolute atomic E-state index is 4.41. The van der Waals surface area contributed by atoms with Crippen molar-refractivity contribution in [3.05, 3.63) is 42.2 Å². The zero-order chi connectivity index (χ0) is 15.4. The van der Waals surface area contributed by atoms with E-state index in [-0.39, 0.29) is 0 Å². The number of rotatable bonds is 4. The van der Waals surface area contributed by atoms with Crippen LogP contribution in [-0.2, 0) is 6.42 Å². The number of likely N-dealkylation sites (N-methyl/N-ethyl adjacent to an activating group) is 1. The highest BCUT2D eigenvalue weighted by Crippen LogP contribution is 2.20. The fourth-order valence-corrected chi connectivity index (χ4v) is 2.60. The van der Waals surface area contributed by atoms with Crippen molar-refractivity contribution in [1.29, 1.82) is 0 Å². The minimum atomic E-state index is 0.841. The molecule has 0 bridgehead atoms. The number of aromatic nitrogens is 2. The molecule has 2 aromatic rings. The van der Waals surface area contributed by atoms with Crippen LogP contribution in [0, 0.1) is 0 Å². The Morgan fingerprint density at radius 2 is 1.77 bits per heavy atom. The normalized spacial score (nSPS) is 15.8. The van der Waals surface area contributed by atoms with Crippen molar-refractivity contribution in [2.24, 2.45) is 0 Å². The van der Waals surface area contributed by atoms with Crippen LogP contribution >= 0.6 is 0 Å². The Kier molecular flexibility index (Phi) is 4.53. The average molecular weight is 297 g/mol. The van der Waals surface area contributed by atoms with Gasteiger partial charge in [-0.3, -0.25) is 0 Å². The van der Waals surface area contributed by atoms with Crippen LogP contribution in [0.5, 0.6) is 0 Å². The summed E-state index contributed by atoms with van der Waals surface area (Å²) in [5.41, 5.74) is 2.39. The van der Waals surface area contributed by atoms with Gasteiger partial charge in [0.15, 0.2) is 0 Å². The molecule has 1 aromatic heterocycles. The van der Waals surface area contributed by atoms with Crippen molar-refractivity contribution in [3.8, 4) is 0 Å². The van der Waals surface area contributed by atoms with E-state index in [0.717, 1.165) is 49.9 Å². The first-order valence-corrected chi connectivity index (χ1v) is 7.86. The topological polar surface area (TPSA) is 44.3 Å². The molecule has 22 heavy (non-hydrogen) atoms. The van der Waals surface area contributed by atoms with Gasteiger partial charge in [0.25, 0.3) is 0 Å². The summed E-state index contributed by atoms with van der Waals surface area (Å²) in [6.07, 6.45) is 2.69. The second kappa shape index (κ2) is 6.75. The zero-order valence-corrected chi connectivity index (χ0v) is 13.3. The van der Waals surface area contributed by atoms with Gasteiger partial charge in [-0.15, -0.1) is 0 Å². The molecule has 1 saturated heterocycles. The number of nitrogens with zero attached hydrogens (tertiary/aromatic N) is 4. The molecule has 116 valence electrons. The first-order chi connectivity index (χ1) is 10.7. The number of nitrogens with one attached hydrogen (secondary N) is 1. The molecule has 1 aliphatic heterocycles. The van der Waals surface area contributed by atoms with Crippen molar-refractivity contribution in [1.82, 2.24) is 14.9 Å². The number of aryl methyl sites for hydroxylation is 1. The van der Waals surface area contributed by atoms with E-state index in [4.69, 9.17) is 0 Å². The molecule has 5 nitrogen and oxygen atoms in total. The van der Waals surface area contributed by atoms with Gasteiger partial charge in [0.1, 0.15) is 18.0 Å². The SMILES string of the molecule is CCc1ccc(Nc2cc(N3CCN(C)CC3)ncn2)cc1. The van der Waals surface area contributed by atoms with Gasteiger partial charge in [-0.25, -0.2) is 9.97 Å². The summed E-state index contributed by atoms with van der Waals surface area (Å²) < 4.78 is 0. The van der Waals surface area contributed by atoms with Crippen LogP contribution in [-0.4, -0.2) is 48.1 Å². The molecule has 3 rings (SSSR count). The second-order valence-corrected chi connectivity index (χ2v) is 5.73. The van der Waals surface area contributed by atoms with E-state index in [1.165, 1.54) is 5.56 Å². The van der Waals surface area contributed by atoms with E-state index in [2.05, 4.69) is 63.3 Å². The fraction of sp³-hybridized carbons (Fsp3) is 0.412. The monoisotopic (exact) mass is 297 g/mol. The van der Waals surface area contributed by atoms with E-state index in [1.54, 1.807) is 6.33 Å². The Morgan fingerprint density at radius 1 is 1.05 bits per heavy atom. The lowest BCUT2D eigenvalue weighted by Crippen LogP contribution is -2.44. The van der Waals surface area contributed by atoms with Gasteiger partial charge in [0, 0.05) is 37.9 Å². The molecule has 0 amide bonds. The maximum atomic E-state index is 4.41. The Hall–Kier alpha value is -2.14. The summed E-state index contributed by atoms with van der Waals surface area (Å²) in [7, 11) is 2.16. The fourth-order valence-electron chi connectivity index (χ4n) is 2.60. The molecule has 1 aliphatic rings. The largest absolute Gasteiger partial charge is 0.354 e. The van der Waals surface area contributed by atoms with Crippen molar-refractivity contribution in [2.45, 2.75) is 13.3 Å². The van der Waals surface area contributed by atoms with Crippen molar-refractivity contribution in [3.63, 3.8) is 0 Å². The lowest BCUT2D eigenvalue weighted by molar-refractivity contribution is 0.312. The highest BCUT2D eigenvalue weighted by atomic mass is 15.3. The highest BCUT2D eigenvalue weighted by Gasteiger charge is 2.15. The molecule has 2 heterocycles. The van der Waals surface area contributed by atoms with Crippen LogP contribution < -0.4 is 10.2 Å². The molecular weight excluding hydrogens is 274 g/mol. The minimum Gasteiger partial charge on any atom is -0.354 e. The van der Waals surface area contributed by atoms with Crippen LogP contribution in [0.15, 0.2) is 36.7 Å². The maximum Gasteiger partial charge on any atom is 0.135 e. The molecule has 1 N–H and O–H groups in total. The summed E-state index contributed by atoms with van der Waals surface area (Å²) in [4.78, 5) is 13.4. The van der Waals surface area contributed by atoms with Crippen LogP contribution in [0.3, 0.4) is 0 Å². The van der Waals surface area contributed by atoms with E-state index < -0.39 is 0 Å². The third-order valence-electron chi connectivity index (χ3n) is 4.11. The van der Waals surface area contributed by atoms with Crippen LogP contribution in [0.2, 0.25) is 0 Å². The van der Waals surface area contributed by atoms with Crippen LogP contribution in [0.1, 0.15) is 12.5 Å². The van der Waals surface area contributed by atoms with Crippen molar-refractivity contribution in [2.75, 3.05) is 43.4 Å². The molecular formula is C17H23N5. The molecule has 0 saturated carbocycles. The Morgan fingerprint density at radius 3 is 2.45 bits per heavy atom. The highest BCUT2D eigenvalue weighted by molar-refractivity contribution is 5.59. The lowest BCUT2D eigenvalue weighted by Gasteiger charge is -2.33. The number of hydrogen-bond donors (Lipinski definition) is 1. The van der Waals surface area contributed by atoms with Gasteiger partial charge >= 0.3 is 0 Å². The number of benzene rings is 1. The van der Waals surface area contributed by atoms with Gasteiger partial charge in [-0.05, 0) is 31.2 Å². The standard InChI is InChI=1S/C17H23N5/c1-3-14-4-6-15(7-5-14)20-16-12-17(19-13-18-16)22-10-8-21(2)9-11-22/h4-7,12-13H,3,8-11H2,1-2H3,(H,18,19,20). The van der Waals surface area contributed by atoms with Gasteiger partial charge in [-0.2, -0.15) is 0 Å². The zero-order valence-electron chi connectivity index (χ0n) is 13.3. The molecule has 1 aromatic carbocycles. The minimum absolute atomic E-state index is 0.841. The number of piperazine rings is 1. The molecule has 0 atom stereocenters. The van der Waals surface area contributed by atoms with E-state index in [1.807, 2.05) is 6.07 Å². The van der Waals surface area contributed by atoms with Gasteiger partial charge < -0.3 is 15.1 Å². The second-order valence-electron chi connectivity index (χ2n) is 5.73. The van der Waals surface area contributed by atoms with Gasteiger partial charge in [0.05, 0.1) is 0 Å². The molecule has 0 aliphatic carbocycles. The van der Waals surface area contributed by atoms with E-state index >= 15 is 0 Å². The van der Waals surface area contributed by atoms with Gasteiger partial charge in [-0.1, -0.05) is 19.1 Å². The Bertz CT molecular complexity index is 603. The summed E-state index contributed by atoms with van der Waals surface area (Å²) >= 11 is 0. The molecule has 0 radical (unpaired) electrons. The first-order valence-electron chi connectivity index (χ1n) is 7.86. The molecule has 1 fully saturated rings. The average Bonchev–Trinajstić information content (AvgIpc) is 2.56. The van der Waals surface area contributed by atoms with Crippen molar-refractivity contribution >= 4 is 17.3 Å². The number of hydrogen-bond acceptors (Lipinski definition) is 5. The third kappa shape index (κ3) is 3.54. The summed E-state index contributed by atoms with van der Waals surface area (Å²) in [6.45, 7) is 6.34. The van der Waals surface area contributed by atoms with E-state index in [0.29, 0.717) is 0 Å². The quantitative estimate of drug-likeness (QED) is 0.939. The first kappa shape index (κ1) is 14.8. The van der Waals surface area contributed by atoms with Crippen molar-refractivity contribution < 1.29 is 0 Å². The Balaban J connectivity index is 1.70. The predicted octanol–water partition coefficient (Wildman–Crippen LogP) is 2.53. The van der Waals surface area contributed by atoms with Crippen LogP contribution in [0.25, 0.3) is 0 Å². The molecule has 0 spiro atoms. The smallest absolute Gasteiger partial charge is 0.135 e. The third-order valence-corrected chi connectivity index (χ3v) is 4.11. The predicted molar refractivity (Wildman–Crippen MR) is 90.8 cm³/mol. The molecule has 0 unspecified atom stereocenters. The van der Waals surface area contributed by atoms with Gasteiger partial charge in [0.2, 0.25) is 0 Å². The van der Waals surface area contributed by atoms with E-state index in [9.17, 15) is 0 Å². The Labute approximate surface area is 132 Å².